The Hall–Kier alpha value is 0.665. The average molecular weight is 241 g/mol. The van der Waals surface area contributed by atoms with E-state index in [4.69, 9.17) is 5.11 Å². The summed E-state index contributed by atoms with van der Waals surface area (Å²) in [4.78, 5) is 10.0. The Morgan fingerprint density at radius 3 is 1.50 bits per heavy atom. The van der Waals surface area contributed by atoms with Crippen LogP contribution in [0.5, 0.6) is 0 Å². The molecule has 0 amide bonds. The molecule has 45 valence electrons. The van der Waals surface area contributed by atoms with Crippen LogP contribution in [0.25, 0.3) is 0 Å². The zero-order valence-corrected chi connectivity index (χ0v) is 9.06. The van der Waals surface area contributed by atoms with Crippen molar-refractivity contribution in [1.82, 2.24) is 0 Å². The average Bonchev–Trinajstić information content (AvgIpc) is 1.31. The van der Waals surface area contributed by atoms with Gasteiger partial charge in [0.15, 0.2) is 0 Å². The summed E-state index contributed by atoms with van der Waals surface area (Å²) >= 11 is 0. The van der Waals surface area contributed by atoms with E-state index < -0.39 is 11.4 Å². The van der Waals surface area contributed by atoms with Crippen molar-refractivity contribution in [2.24, 2.45) is 5.41 Å². The Morgan fingerprint density at radius 2 is 1.50 bits per heavy atom. The SMILES string of the molecule is CC(C)(C)C(=O)O.[La]. The normalized spacial score (nSPS) is 9.88. The van der Waals surface area contributed by atoms with Gasteiger partial charge in [0.05, 0.1) is 5.41 Å². The standard InChI is InChI=1S/C5H10O2.La/c1-5(2,3)4(6)7;/h1-3H3,(H,6,7);. The van der Waals surface area contributed by atoms with E-state index in [2.05, 4.69) is 0 Å². The number of carboxylic acids is 1. The van der Waals surface area contributed by atoms with Crippen LogP contribution in [0.4, 0.5) is 0 Å². The van der Waals surface area contributed by atoms with Crippen LogP contribution in [0, 0.1) is 41.0 Å². The minimum atomic E-state index is -0.757. The van der Waals surface area contributed by atoms with Crippen LogP contribution in [0.3, 0.4) is 0 Å². The number of aliphatic carboxylic acids is 1. The summed E-state index contributed by atoms with van der Waals surface area (Å²) in [5.41, 5.74) is -0.583. The molecule has 0 bridgehead atoms. The molecule has 8 heavy (non-hydrogen) atoms. The molecule has 0 aliphatic carbocycles. The summed E-state index contributed by atoms with van der Waals surface area (Å²) in [6.07, 6.45) is 0. The van der Waals surface area contributed by atoms with Gasteiger partial charge in [-0.1, -0.05) is 0 Å². The zero-order chi connectivity index (χ0) is 6.08. The zero-order valence-electron chi connectivity index (χ0n) is 5.43. The van der Waals surface area contributed by atoms with Crippen molar-refractivity contribution in [2.75, 3.05) is 0 Å². The first-order valence-corrected chi connectivity index (χ1v) is 2.18. The van der Waals surface area contributed by atoms with Crippen molar-refractivity contribution in [3.8, 4) is 0 Å². The molecule has 0 aromatic rings. The molecule has 3 heteroatoms. The van der Waals surface area contributed by atoms with E-state index in [-0.39, 0.29) is 35.6 Å². The predicted molar refractivity (Wildman–Crippen MR) is 27.1 cm³/mol. The quantitative estimate of drug-likeness (QED) is 0.689. The molecule has 0 saturated heterocycles. The first kappa shape index (κ1) is 11.5. The fourth-order valence-corrected chi connectivity index (χ4v) is 0. The van der Waals surface area contributed by atoms with E-state index in [1.165, 1.54) is 0 Å². The Bertz CT molecular complexity index is 82.9. The van der Waals surface area contributed by atoms with Crippen LogP contribution in [0.15, 0.2) is 0 Å². The smallest absolute Gasteiger partial charge is 0.308 e. The van der Waals surface area contributed by atoms with Gasteiger partial charge in [0.2, 0.25) is 0 Å². The first-order chi connectivity index (χ1) is 2.94. The van der Waals surface area contributed by atoms with Gasteiger partial charge in [0.25, 0.3) is 0 Å². The van der Waals surface area contributed by atoms with Crippen LogP contribution in [-0.2, 0) is 4.79 Å². The van der Waals surface area contributed by atoms with Gasteiger partial charge in [-0.2, -0.15) is 0 Å². The van der Waals surface area contributed by atoms with Gasteiger partial charge >= 0.3 is 5.97 Å². The summed E-state index contributed by atoms with van der Waals surface area (Å²) in [5.74, 6) is -0.757. The second-order valence-electron chi connectivity index (χ2n) is 2.56. The van der Waals surface area contributed by atoms with Gasteiger partial charge < -0.3 is 5.11 Å². The fraction of sp³-hybridized carbons (Fsp3) is 0.800. The van der Waals surface area contributed by atoms with Crippen LogP contribution in [-0.4, -0.2) is 11.1 Å². The Balaban J connectivity index is 0. The molecule has 1 radical (unpaired) electrons. The molecule has 0 unspecified atom stereocenters. The largest absolute Gasteiger partial charge is 0.481 e. The summed E-state index contributed by atoms with van der Waals surface area (Å²) < 4.78 is 0. The molecule has 0 aromatic heterocycles. The third-order valence-corrected chi connectivity index (χ3v) is 0.642. The van der Waals surface area contributed by atoms with E-state index in [1.807, 2.05) is 0 Å². The van der Waals surface area contributed by atoms with Crippen molar-refractivity contribution in [3.05, 3.63) is 0 Å². The Labute approximate surface area is 77.3 Å². The maximum atomic E-state index is 10.0. The maximum absolute atomic E-state index is 10.0. The molecule has 0 atom stereocenters. The number of hydrogen-bond donors (Lipinski definition) is 1. The topological polar surface area (TPSA) is 37.3 Å². The van der Waals surface area contributed by atoms with Crippen LogP contribution in [0.1, 0.15) is 20.8 Å². The van der Waals surface area contributed by atoms with Gasteiger partial charge in [0, 0.05) is 35.6 Å². The first-order valence-electron chi connectivity index (χ1n) is 2.18. The Morgan fingerprint density at radius 1 is 1.38 bits per heavy atom. The second kappa shape index (κ2) is 3.64. The van der Waals surface area contributed by atoms with Crippen molar-refractivity contribution < 1.29 is 45.5 Å². The second-order valence-corrected chi connectivity index (χ2v) is 2.56. The molecule has 0 spiro atoms. The van der Waals surface area contributed by atoms with Crippen molar-refractivity contribution in [2.45, 2.75) is 20.8 Å². The minimum Gasteiger partial charge on any atom is -0.481 e. The van der Waals surface area contributed by atoms with E-state index >= 15 is 0 Å². The molecule has 2 nitrogen and oxygen atoms in total. The molecule has 0 aromatic carbocycles. The van der Waals surface area contributed by atoms with Gasteiger partial charge in [-0.15, -0.1) is 0 Å². The molecule has 0 saturated carbocycles. The van der Waals surface area contributed by atoms with E-state index in [1.54, 1.807) is 20.8 Å². The maximum Gasteiger partial charge on any atom is 0.308 e. The van der Waals surface area contributed by atoms with Crippen molar-refractivity contribution in [3.63, 3.8) is 0 Å². The molecule has 0 aliphatic rings. The number of hydrogen-bond acceptors (Lipinski definition) is 1. The Kier molecular flexibility index (Phi) is 5.22. The number of rotatable bonds is 0. The summed E-state index contributed by atoms with van der Waals surface area (Å²) in [6, 6.07) is 0. The molecule has 0 rings (SSSR count). The van der Waals surface area contributed by atoms with Crippen molar-refractivity contribution in [1.29, 1.82) is 0 Å². The molecular weight excluding hydrogens is 231 g/mol. The third kappa shape index (κ3) is 4.81. The summed E-state index contributed by atoms with van der Waals surface area (Å²) in [6.45, 7) is 4.99. The molecule has 0 heterocycles. The van der Waals surface area contributed by atoms with E-state index in [0.29, 0.717) is 0 Å². The molecular formula is C5H10LaO2. The summed E-state index contributed by atoms with van der Waals surface area (Å²) in [7, 11) is 0. The minimum absolute atomic E-state index is 0. The van der Waals surface area contributed by atoms with Crippen LogP contribution >= 0.6 is 0 Å². The fourth-order valence-electron chi connectivity index (χ4n) is 0. The van der Waals surface area contributed by atoms with Crippen molar-refractivity contribution >= 4 is 5.97 Å². The number of carbonyl (C=O) groups is 1. The van der Waals surface area contributed by atoms with E-state index in [0.717, 1.165) is 0 Å². The van der Waals surface area contributed by atoms with Gasteiger partial charge in [-0.3, -0.25) is 4.79 Å². The molecule has 0 fully saturated rings. The predicted octanol–water partition coefficient (Wildman–Crippen LogP) is 1.12. The third-order valence-electron chi connectivity index (χ3n) is 0.642. The monoisotopic (exact) mass is 241 g/mol. The van der Waals surface area contributed by atoms with E-state index in [9.17, 15) is 4.79 Å². The van der Waals surface area contributed by atoms with Crippen LogP contribution < -0.4 is 0 Å². The molecule has 1 N–H and O–H groups in total. The van der Waals surface area contributed by atoms with Gasteiger partial charge in [0.1, 0.15) is 0 Å². The number of carboxylic acid groups (broad SMARTS) is 1. The van der Waals surface area contributed by atoms with Gasteiger partial charge in [-0.25, -0.2) is 0 Å². The summed E-state index contributed by atoms with van der Waals surface area (Å²) in [5, 5.41) is 8.25. The van der Waals surface area contributed by atoms with Gasteiger partial charge in [-0.05, 0) is 20.8 Å². The van der Waals surface area contributed by atoms with Crippen LogP contribution in [0.2, 0.25) is 0 Å². The molecule has 0 aliphatic heterocycles.